The summed E-state index contributed by atoms with van der Waals surface area (Å²) in [6, 6.07) is 7.04. The summed E-state index contributed by atoms with van der Waals surface area (Å²) in [5.74, 6) is 0.173. The van der Waals surface area contributed by atoms with Gasteiger partial charge in [0.1, 0.15) is 11.6 Å². The molecule has 1 rings (SSSR count). The predicted molar refractivity (Wildman–Crippen MR) is 148 cm³/mol. The first kappa shape index (κ1) is 31.5. The molecular formula is C30H48N2O4. The second kappa shape index (κ2) is 15.6. The molecule has 1 aromatic carbocycles. The van der Waals surface area contributed by atoms with E-state index in [0.29, 0.717) is 37.1 Å². The van der Waals surface area contributed by atoms with Gasteiger partial charge in [-0.2, -0.15) is 0 Å². The lowest BCUT2D eigenvalue weighted by Gasteiger charge is -2.20. The van der Waals surface area contributed by atoms with Crippen LogP contribution >= 0.6 is 0 Å². The molecule has 36 heavy (non-hydrogen) atoms. The van der Waals surface area contributed by atoms with Crippen LogP contribution < -0.4 is 10.6 Å². The molecule has 0 aliphatic heterocycles. The molecule has 0 heterocycles. The van der Waals surface area contributed by atoms with Crippen molar-refractivity contribution >= 4 is 34.8 Å². The van der Waals surface area contributed by atoms with E-state index in [9.17, 15) is 19.2 Å². The molecule has 2 atom stereocenters. The van der Waals surface area contributed by atoms with Crippen LogP contribution in [0.5, 0.6) is 0 Å². The largest absolute Gasteiger partial charge is 0.326 e. The van der Waals surface area contributed by atoms with E-state index in [1.807, 2.05) is 55.4 Å². The lowest BCUT2D eigenvalue weighted by Crippen LogP contribution is -2.28. The average molecular weight is 501 g/mol. The van der Waals surface area contributed by atoms with E-state index in [2.05, 4.69) is 10.6 Å². The Kier molecular flexibility index (Phi) is 13.6. The van der Waals surface area contributed by atoms with Crippen LogP contribution in [-0.4, -0.2) is 23.4 Å². The van der Waals surface area contributed by atoms with Gasteiger partial charge < -0.3 is 10.6 Å². The molecule has 0 radical (unpaired) electrons. The summed E-state index contributed by atoms with van der Waals surface area (Å²) in [5.41, 5.74) is 1.14. The Balaban J connectivity index is 2.92. The number of rotatable bonds is 16. The maximum atomic E-state index is 13.1. The fraction of sp³-hybridized carbons (Fsp3) is 0.667. The lowest BCUT2D eigenvalue weighted by molar-refractivity contribution is -0.127. The summed E-state index contributed by atoms with van der Waals surface area (Å²) in [5, 5.41) is 5.88. The highest BCUT2D eigenvalue weighted by atomic mass is 16.2. The monoisotopic (exact) mass is 500 g/mol. The van der Waals surface area contributed by atoms with Gasteiger partial charge in [-0.15, -0.1) is 0 Å². The number of benzene rings is 1. The van der Waals surface area contributed by atoms with E-state index in [1.165, 1.54) is 0 Å². The smallest absolute Gasteiger partial charge is 0.227 e. The normalized spacial score (nSPS) is 13.2. The van der Waals surface area contributed by atoms with Crippen molar-refractivity contribution in [3.8, 4) is 0 Å². The molecule has 1 aromatic rings. The fourth-order valence-corrected chi connectivity index (χ4v) is 4.49. The molecule has 0 aliphatic rings. The molecule has 0 aromatic heterocycles. The molecular weight excluding hydrogens is 452 g/mol. The number of ketones is 2. The molecule has 0 bridgehead atoms. The van der Waals surface area contributed by atoms with Gasteiger partial charge in [-0.05, 0) is 54.7 Å². The Morgan fingerprint density at radius 2 is 0.944 bits per heavy atom. The predicted octanol–water partition coefficient (Wildman–Crippen LogP) is 6.90. The second-order valence-electron chi connectivity index (χ2n) is 11.9. The Labute approximate surface area is 218 Å². The molecule has 0 aliphatic carbocycles. The third kappa shape index (κ3) is 13.0. The van der Waals surface area contributed by atoms with Crippen LogP contribution in [0.15, 0.2) is 24.3 Å². The van der Waals surface area contributed by atoms with Crippen molar-refractivity contribution in [2.75, 3.05) is 10.6 Å². The van der Waals surface area contributed by atoms with Gasteiger partial charge in [0.15, 0.2) is 0 Å². The standard InChI is InChI=1S/C30H48N2O4/c1-19(2)12-23(16-27(33)14-21(5)6)29(35)31-25-10-9-11-26(18-25)32-30(36)24(13-20(3)4)17-28(34)15-22(7)8/h9-11,18-24H,12-17H2,1-8H3,(H,31,35)(H,32,36)/t23-,24-/m1/s1. The average Bonchev–Trinajstić information content (AvgIpc) is 2.71. The molecule has 0 spiro atoms. The van der Waals surface area contributed by atoms with E-state index < -0.39 is 11.8 Å². The molecule has 2 amide bonds. The van der Waals surface area contributed by atoms with E-state index in [4.69, 9.17) is 0 Å². The number of Topliss-reactive ketones (excluding diaryl/α,β-unsaturated/α-hetero) is 2. The number of nitrogens with one attached hydrogen (secondary N) is 2. The van der Waals surface area contributed by atoms with Crippen LogP contribution in [0.3, 0.4) is 0 Å². The summed E-state index contributed by atoms with van der Waals surface area (Å²) in [7, 11) is 0. The zero-order valence-corrected chi connectivity index (χ0v) is 23.6. The molecule has 0 unspecified atom stereocenters. The number of carbonyl (C=O) groups is 4. The molecule has 2 N–H and O–H groups in total. The van der Waals surface area contributed by atoms with Crippen molar-refractivity contribution in [2.24, 2.45) is 35.5 Å². The first-order valence-corrected chi connectivity index (χ1v) is 13.5. The Bertz CT molecular complexity index is 806. The summed E-state index contributed by atoms with van der Waals surface area (Å²) in [6.07, 6.45) is 2.68. The molecule has 6 heteroatoms. The van der Waals surface area contributed by atoms with Gasteiger partial charge in [-0.3, -0.25) is 19.2 Å². The minimum atomic E-state index is -0.392. The van der Waals surface area contributed by atoms with Gasteiger partial charge in [-0.25, -0.2) is 0 Å². The highest BCUT2D eigenvalue weighted by Crippen LogP contribution is 2.24. The van der Waals surface area contributed by atoms with Crippen molar-refractivity contribution in [3.63, 3.8) is 0 Å². The Hall–Kier alpha value is -2.50. The lowest BCUT2D eigenvalue weighted by atomic mass is 9.89. The van der Waals surface area contributed by atoms with Crippen LogP contribution in [0.2, 0.25) is 0 Å². The minimum Gasteiger partial charge on any atom is -0.326 e. The number of hydrogen-bond donors (Lipinski definition) is 2. The van der Waals surface area contributed by atoms with Crippen molar-refractivity contribution in [2.45, 2.75) is 93.9 Å². The summed E-state index contributed by atoms with van der Waals surface area (Å²) in [4.78, 5) is 50.9. The van der Waals surface area contributed by atoms with Gasteiger partial charge in [0.25, 0.3) is 0 Å². The first-order chi connectivity index (χ1) is 16.8. The molecule has 0 fully saturated rings. The molecule has 202 valence electrons. The van der Waals surface area contributed by atoms with Crippen molar-refractivity contribution in [1.82, 2.24) is 0 Å². The van der Waals surface area contributed by atoms with Crippen molar-refractivity contribution in [1.29, 1.82) is 0 Å². The van der Waals surface area contributed by atoms with Gasteiger partial charge in [0.2, 0.25) is 11.8 Å². The molecule has 6 nitrogen and oxygen atoms in total. The maximum absolute atomic E-state index is 13.1. The summed E-state index contributed by atoms with van der Waals surface area (Å²) >= 11 is 0. The first-order valence-electron chi connectivity index (χ1n) is 13.5. The Morgan fingerprint density at radius 3 is 1.25 bits per heavy atom. The van der Waals surface area contributed by atoms with Crippen LogP contribution in [-0.2, 0) is 19.2 Å². The van der Waals surface area contributed by atoms with E-state index in [-0.39, 0.29) is 59.9 Å². The van der Waals surface area contributed by atoms with Gasteiger partial charge in [0.05, 0.1) is 0 Å². The number of hydrogen-bond acceptors (Lipinski definition) is 4. The third-order valence-corrected chi connectivity index (χ3v) is 5.87. The number of amides is 2. The van der Waals surface area contributed by atoms with Crippen molar-refractivity contribution < 1.29 is 19.2 Å². The summed E-state index contributed by atoms with van der Waals surface area (Å²) in [6.45, 7) is 16.2. The minimum absolute atomic E-state index is 0.107. The summed E-state index contributed by atoms with van der Waals surface area (Å²) < 4.78 is 0. The third-order valence-electron chi connectivity index (χ3n) is 5.87. The maximum Gasteiger partial charge on any atom is 0.227 e. The fourth-order valence-electron chi connectivity index (χ4n) is 4.49. The Morgan fingerprint density at radius 1 is 0.583 bits per heavy atom. The van der Waals surface area contributed by atoms with Crippen LogP contribution in [0.1, 0.15) is 93.9 Å². The second-order valence-corrected chi connectivity index (χ2v) is 11.9. The van der Waals surface area contributed by atoms with Gasteiger partial charge >= 0.3 is 0 Å². The van der Waals surface area contributed by atoms with Crippen LogP contribution in [0.25, 0.3) is 0 Å². The highest BCUT2D eigenvalue weighted by molar-refractivity contribution is 5.98. The molecule has 0 saturated carbocycles. The zero-order valence-electron chi connectivity index (χ0n) is 23.6. The van der Waals surface area contributed by atoms with Gasteiger partial charge in [0, 0.05) is 48.9 Å². The van der Waals surface area contributed by atoms with Gasteiger partial charge in [-0.1, -0.05) is 61.5 Å². The van der Waals surface area contributed by atoms with E-state index >= 15 is 0 Å². The SMILES string of the molecule is CC(C)CC(=O)C[C@@H](CC(C)C)C(=O)Nc1cccc(NC(=O)[C@@H](CC(=O)CC(C)C)CC(C)C)c1. The topological polar surface area (TPSA) is 92.3 Å². The van der Waals surface area contributed by atoms with Crippen LogP contribution in [0.4, 0.5) is 11.4 Å². The number of anilines is 2. The van der Waals surface area contributed by atoms with Crippen LogP contribution in [0, 0.1) is 35.5 Å². The van der Waals surface area contributed by atoms with E-state index in [1.54, 1.807) is 24.3 Å². The number of carbonyl (C=O) groups excluding carboxylic acids is 4. The van der Waals surface area contributed by atoms with E-state index in [0.717, 1.165) is 0 Å². The van der Waals surface area contributed by atoms with Crippen molar-refractivity contribution in [3.05, 3.63) is 24.3 Å². The molecule has 0 saturated heterocycles. The quantitative estimate of drug-likeness (QED) is 0.258. The highest BCUT2D eigenvalue weighted by Gasteiger charge is 2.25. The zero-order chi connectivity index (χ0) is 27.4.